The lowest BCUT2D eigenvalue weighted by Crippen LogP contribution is -2.07. The maximum absolute atomic E-state index is 9.48. The Morgan fingerprint density at radius 1 is 1.42 bits per heavy atom. The van der Waals surface area contributed by atoms with Crippen LogP contribution in [0.5, 0.6) is 0 Å². The Balaban J connectivity index is 2.67. The van der Waals surface area contributed by atoms with Gasteiger partial charge in [-0.3, -0.25) is 0 Å². The molecule has 0 aliphatic heterocycles. The monoisotopic (exact) mass is 168 g/mol. The van der Waals surface area contributed by atoms with E-state index < -0.39 is 0 Å². The van der Waals surface area contributed by atoms with Crippen LogP contribution in [0, 0.1) is 17.3 Å². The van der Waals surface area contributed by atoms with Crippen molar-refractivity contribution in [3.63, 3.8) is 0 Å². The summed E-state index contributed by atoms with van der Waals surface area (Å²) >= 11 is 0. The van der Waals surface area contributed by atoms with Crippen LogP contribution in [0.3, 0.4) is 0 Å². The van der Waals surface area contributed by atoms with Crippen LogP contribution in [0.1, 0.15) is 34.6 Å². The average Bonchev–Trinajstić information content (AvgIpc) is 2.32. The fraction of sp³-hybridized carbons (Fsp3) is 0.818. The average molecular weight is 168 g/mol. The number of aliphatic hydroxyl groups is 1. The predicted molar refractivity (Wildman–Crippen MR) is 51.9 cm³/mol. The van der Waals surface area contributed by atoms with Gasteiger partial charge in [0.2, 0.25) is 0 Å². The van der Waals surface area contributed by atoms with Crippen LogP contribution in [0.25, 0.3) is 0 Å². The Morgan fingerprint density at radius 3 is 2.17 bits per heavy atom. The van der Waals surface area contributed by atoms with E-state index in [-0.39, 0.29) is 6.10 Å². The van der Waals surface area contributed by atoms with Gasteiger partial charge in [-0.2, -0.15) is 0 Å². The quantitative estimate of drug-likeness (QED) is 0.628. The van der Waals surface area contributed by atoms with Gasteiger partial charge >= 0.3 is 0 Å². The van der Waals surface area contributed by atoms with Crippen LogP contribution in [-0.2, 0) is 0 Å². The predicted octanol–water partition coefficient (Wildman–Crippen LogP) is 2.61. The van der Waals surface area contributed by atoms with Crippen LogP contribution in [0.2, 0.25) is 0 Å². The molecule has 1 aliphatic carbocycles. The Morgan fingerprint density at radius 2 is 1.92 bits per heavy atom. The molecule has 1 N–H and O–H groups in total. The van der Waals surface area contributed by atoms with E-state index in [1.165, 1.54) is 5.57 Å². The SMILES string of the molecule is CC(C)=CC1C(C(C)O)C1(C)C. The lowest BCUT2D eigenvalue weighted by molar-refractivity contribution is 0.154. The lowest BCUT2D eigenvalue weighted by atomic mass is 10.1. The first kappa shape index (κ1) is 9.79. The zero-order chi connectivity index (χ0) is 9.52. The summed E-state index contributed by atoms with van der Waals surface area (Å²) in [6, 6.07) is 0. The maximum Gasteiger partial charge on any atom is 0.0551 e. The van der Waals surface area contributed by atoms with Crippen LogP contribution in [-0.4, -0.2) is 11.2 Å². The first-order valence-electron chi connectivity index (χ1n) is 4.70. The molecular formula is C11H20O. The molecule has 1 rings (SSSR count). The van der Waals surface area contributed by atoms with Crippen molar-refractivity contribution in [1.82, 2.24) is 0 Å². The van der Waals surface area contributed by atoms with Gasteiger partial charge in [0.05, 0.1) is 6.10 Å². The minimum atomic E-state index is -0.166. The Bertz CT molecular complexity index is 197. The smallest absolute Gasteiger partial charge is 0.0551 e. The van der Waals surface area contributed by atoms with Gasteiger partial charge in [0, 0.05) is 0 Å². The molecule has 0 aromatic rings. The molecule has 0 spiro atoms. The molecule has 0 aromatic carbocycles. The molecule has 0 amide bonds. The Hall–Kier alpha value is -0.300. The van der Waals surface area contributed by atoms with Gasteiger partial charge in [0.15, 0.2) is 0 Å². The summed E-state index contributed by atoms with van der Waals surface area (Å²) in [5, 5.41) is 9.48. The van der Waals surface area contributed by atoms with Crippen molar-refractivity contribution in [2.75, 3.05) is 0 Å². The zero-order valence-electron chi connectivity index (χ0n) is 8.76. The van der Waals surface area contributed by atoms with Crippen molar-refractivity contribution in [2.24, 2.45) is 17.3 Å². The highest BCUT2D eigenvalue weighted by molar-refractivity contribution is 5.18. The van der Waals surface area contributed by atoms with E-state index in [9.17, 15) is 5.11 Å². The van der Waals surface area contributed by atoms with Crippen LogP contribution in [0.15, 0.2) is 11.6 Å². The summed E-state index contributed by atoms with van der Waals surface area (Å²) in [4.78, 5) is 0. The molecule has 0 heterocycles. The third-order valence-corrected chi connectivity index (χ3v) is 3.03. The fourth-order valence-electron chi connectivity index (χ4n) is 2.32. The van der Waals surface area contributed by atoms with E-state index in [2.05, 4.69) is 33.8 Å². The van der Waals surface area contributed by atoms with E-state index in [1.807, 2.05) is 6.92 Å². The summed E-state index contributed by atoms with van der Waals surface area (Å²) in [6.07, 6.45) is 2.12. The molecule has 0 bridgehead atoms. The largest absolute Gasteiger partial charge is 0.393 e. The van der Waals surface area contributed by atoms with E-state index in [4.69, 9.17) is 0 Å². The highest BCUT2D eigenvalue weighted by atomic mass is 16.3. The number of rotatable bonds is 2. The number of allylic oxidation sites excluding steroid dienone is 2. The van der Waals surface area contributed by atoms with E-state index in [0.29, 0.717) is 17.3 Å². The molecule has 0 saturated heterocycles. The number of hydrogen-bond acceptors (Lipinski definition) is 1. The summed E-state index contributed by atoms with van der Waals surface area (Å²) in [6.45, 7) is 10.6. The van der Waals surface area contributed by atoms with Crippen LogP contribution < -0.4 is 0 Å². The first-order chi connectivity index (χ1) is 5.37. The maximum atomic E-state index is 9.48. The van der Waals surface area contributed by atoms with Crippen LogP contribution in [0.4, 0.5) is 0 Å². The molecule has 0 radical (unpaired) electrons. The molecule has 3 unspecified atom stereocenters. The van der Waals surface area contributed by atoms with Gasteiger partial charge in [0.1, 0.15) is 0 Å². The fourth-order valence-corrected chi connectivity index (χ4v) is 2.32. The molecule has 70 valence electrons. The van der Waals surface area contributed by atoms with Crippen LogP contribution >= 0.6 is 0 Å². The molecule has 3 atom stereocenters. The normalized spacial score (nSPS) is 34.2. The Labute approximate surface area is 75.5 Å². The van der Waals surface area contributed by atoms with Gasteiger partial charge < -0.3 is 5.11 Å². The summed E-state index contributed by atoms with van der Waals surface area (Å²) in [5.74, 6) is 1.05. The Kier molecular flexibility index (Phi) is 2.35. The van der Waals surface area contributed by atoms with E-state index >= 15 is 0 Å². The minimum absolute atomic E-state index is 0.166. The van der Waals surface area contributed by atoms with Crippen molar-refractivity contribution in [2.45, 2.75) is 40.7 Å². The van der Waals surface area contributed by atoms with E-state index in [1.54, 1.807) is 0 Å². The summed E-state index contributed by atoms with van der Waals surface area (Å²) in [5.41, 5.74) is 1.67. The van der Waals surface area contributed by atoms with Crippen molar-refractivity contribution in [3.8, 4) is 0 Å². The summed E-state index contributed by atoms with van der Waals surface area (Å²) in [7, 11) is 0. The van der Waals surface area contributed by atoms with Gasteiger partial charge in [-0.05, 0) is 38.0 Å². The second-order valence-corrected chi connectivity index (χ2v) is 4.86. The lowest BCUT2D eigenvalue weighted by Gasteiger charge is -2.03. The summed E-state index contributed by atoms with van der Waals surface area (Å²) < 4.78 is 0. The molecule has 0 aromatic heterocycles. The second kappa shape index (κ2) is 2.88. The number of aliphatic hydroxyl groups excluding tert-OH is 1. The van der Waals surface area contributed by atoms with Crippen molar-refractivity contribution in [3.05, 3.63) is 11.6 Å². The number of hydrogen-bond donors (Lipinski definition) is 1. The standard InChI is InChI=1S/C11H20O/c1-7(2)6-9-10(8(3)12)11(9,4)5/h6,8-10,12H,1-5H3. The molecule has 1 saturated carbocycles. The molecule has 12 heavy (non-hydrogen) atoms. The van der Waals surface area contributed by atoms with Crippen molar-refractivity contribution in [1.29, 1.82) is 0 Å². The minimum Gasteiger partial charge on any atom is -0.393 e. The molecule has 1 heteroatoms. The molecule has 1 aliphatic rings. The third kappa shape index (κ3) is 1.56. The van der Waals surface area contributed by atoms with Gasteiger partial charge in [-0.1, -0.05) is 25.5 Å². The van der Waals surface area contributed by atoms with Gasteiger partial charge in [-0.15, -0.1) is 0 Å². The highest BCUT2D eigenvalue weighted by Crippen LogP contribution is 2.60. The zero-order valence-corrected chi connectivity index (χ0v) is 8.76. The topological polar surface area (TPSA) is 20.2 Å². The van der Waals surface area contributed by atoms with E-state index in [0.717, 1.165) is 0 Å². The first-order valence-corrected chi connectivity index (χ1v) is 4.70. The molecular weight excluding hydrogens is 148 g/mol. The van der Waals surface area contributed by atoms with Crippen molar-refractivity contribution >= 4 is 0 Å². The molecule has 1 fully saturated rings. The second-order valence-electron chi connectivity index (χ2n) is 4.86. The highest BCUT2D eigenvalue weighted by Gasteiger charge is 2.58. The third-order valence-electron chi connectivity index (χ3n) is 3.03. The van der Waals surface area contributed by atoms with Gasteiger partial charge in [-0.25, -0.2) is 0 Å². The molecule has 1 nitrogen and oxygen atoms in total. The van der Waals surface area contributed by atoms with Gasteiger partial charge in [0.25, 0.3) is 0 Å². The van der Waals surface area contributed by atoms with Crippen molar-refractivity contribution < 1.29 is 5.11 Å².